The first-order valence-corrected chi connectivity index (χ1v) is 6.12. The summed E-state index contributed by atoms with van der Waals surface area (Å²) in [5.74, 6) is -0.0195. The zero-order chi connectivity index (χ0) is 13.8. The van der Waals surface area contributed by atoms with Crippen molar-refractivity contribution in [2.24, 2.45) is 0 Å². The normalized spacial score (nSPS) is 10.4. The lowest BCUT2D eigenvalue weighted by atomic mass is 10.1. The van der Waals surface area contributed by atoms with E-state index in [1.807, 2.05) is 6.92 Å². The largest absolute Gasteiger partial charge is 0.494 e. The summed E-state index contributed by atoms with van der Waals surface area (Å²) in [5, 5.41) is 0.413. The Morgan fingerprint density at radius 2 is 2.05 bits per heavy atom. The highest BCUT2D eigenvalue weighted by atomic mass is 16.5. The molecule has 0 saturated heterocycles. The molecule has 0 unspecified atom stereocenters. The monoisotopic (exact) mass is 261 g/mol. The Kier molecular flexibility index (Phi) is 3.85. The van der Waals surface area contributed by atoms with Crippen molar-refractivity contribution in [2.45, 2.75) is 13.8 Å². The number of pyridine rings is 1. The third-order valence-electron chi connectivity index (χ3n) is 2.66. The molecule has 1 aromatic heterocycles. The first kappa shape index (κ1) is 13.1. The van der Waals surface area contributed by atoms with Crippen LogP contribution in [-0.4, -0.2) is 24.2 Å². The Morgan fingerprint density at radius 1 is 1.26 bits per heavy atom. The molecule has 0 bridgehead atoms. The van der Waals surface area contributed by atoms with Gasteiger partial charge in [0.15, 0.2) is 0 Å². The van der Waals surface area contributed by atoms with Gasteiger partial charge in [-0.2, -0.15) is 0 Å². The lowest BCUT2D eigenvalue weighted by Crippen LogP contribution is -2.18. The predicted octanol–water partition coefficient (Wildman–Crippen LogP) is 2.10. The van der Waals surface area contributed by atoms with Gasteiger partial charge in [-0.15, -0.1) is 0 Å². The van der Waals surface area contributed by atoms with Gasteiger partial charge in [-0.1, -0.05) is 0 Å². The fraction of sp³-hybridized carbons (Fsp3) is 0.286. The number of carbonyl (C=O) groups is 1. The summed E-state index contributed by atoms with van der Waals surface area (Å²) in [4.78, 5) is 26.8. The zero-order valence-electron chi connectivity index (χ0n) is 10.9. The smallest absolute Gasteiger partial charge is 0.343 e. The fourth-order valence-corrected chi connectivity index (χ4v) is 1.81. The van der Waals surface area contributed by atoms with Crippen molar-refractivity contribution in [3.63, 3.8) is 0 Å². The standard InChI is InChI=1S/C14H15NO4/c1-3-18-9-5-6-12-10(7-9)13(16)11(8-15-12)14(17)19-4-2/h5-8H,3-4H2,1-2H3,(H,15,16). The maximum absolute atomic E-state index is 12.2. The van der Waals surface area contributed by atoms with Crippen LogP contribution in [0.25, 0.3) is 10.9 Å². The second kappa shape index (κ2) is 5.56. The van der Waals surface area contributed by atoms with Crippen LogP contribution in [0.2, 0.25) is 0 Å². The van der Waals surface area contributed by atoms with Crippen molar-refractivity contribution in [3.8, 4) is 5.75 Å². The Bertz CT molecular complexity index is 660. The summed E-state index contributed by atoms with van der Waals surface area (Å²) in [6, 6.07) is 5.14. The number of hydrogen-bond acceptors (Lipinski definition) is 4. The molecule has 19 heavy (non-hydrogen) atoms. The number of hydrogen-bond donors (Lipinski definition) is 1. The van der Waals surface area contributed by atoms with Gasteiger partial charge in [0.05, 0.1) is 18.6 Å². The molecule has 0 aliphatic rings. The molecular weight excluding hydrogens is 246 g/mol. The molecule has 0 aliphatic carbocycles. The Morgan fingerprint density at radius 3 is 2.74 bits per heavy atom. The van der Waals surface area contributed by atoms with Crippen molar-refractivity contribution in [2.75, 3.05) is 13.2 Å². The summed E-state index contributed by atoms with van der Waals surface area (Å²) >= 11 is 0. The maximum atomic E-state index is 12.2. The second-order valence-electron chi connectivity index (χ2n) is 3.89. The van der Waals surface area contributed by atoms with Crippen LogP contribution in [0.4, 0.5) is 0 Å². The minimum absolute atomic E-state index is 0.00278. The summed E-state index contributed by atoms with van der Waals surface area (Å²) in [6.07, 6.45) is 1.38. The van der Waals surface area contributed by atoms with Crippen LogP contribution >= 0.6 is 0 Å². The average Bonchev–Trinajstić information content (AvgIpc) is 2.40. The fourth-order valence-electron chi connectivity index (χ4n) is 1.81. The summed E-state index contributed by atoms with van der Waals surface area (Å²) in [6.45, 7) is 4.31. The molecule has 1 heterocycles. The predicted molar refractivity (Wildman–Crippen MR) is 71.7 cm³/mol. The van der Waals surface area contributed by atoms with E-state index in [1.54, 1.807) is 25.1 Å². The molecule has 100 valence electrons. The van der Waals surface area contributed by atoms with Crippen molar-refractivity contribution < 1.29 is 14.3 Å². The highest BCUT2D eigenvalue weighted by Crippen LogP contribution is 2.17. The maximum Gasteiger partial charge on any atom is 0.343 e. The number of rotatable bonds is 4. The molecule has 0 aliphatic heterocycles. The van der Waals surface area contributed by atoms with Crippen molar-refractivity contribution >= 4 is 16.9 Å². The van der Waals surface area contributed by atoms with Gasteiger partial charge in [-0.05, 0) is 32.0 Å². The van der Waals surface area contributed by atoms with Crippen molar-refractivity contribution in [1.29, 1.82) is 0 Å². The number of benzene rings is 1. The number of nitrogens with one attached hydrogen (secondary N) is 1. The summed E-state index contributed by atoms with van der Waals surface area (Å²) in [7, 11) is 0. The second-order valence-corrected chi connectivity index (χ2v) is 3.89. The lowest BCUT2D eigenvalue weighted by Gasteiger charge is -2.06. The van der Waals surface area contributed by atoms with Gasteiger partial charge >= 0.3 is 5.97 Å². The lowest BCUT2D eigenvalue weighted by molar-refractivity contribution is 0.0524. The number of esters is 1. The Hall–Kier alpha value is -2.30. The van der Waals surface area contributed by atoms with Gasteiger partial charge in [0.25, 0.3) is 0 Å². The molecule has 0 atom stereocenters. The minimum Gasteiger partial charge on any atom is -0.494 e. The molecule has 1 aromatic carbocycles. The van der Waals surface area contributed by atoms with Gasteiger partial charge in [-0.25, -0.2) is 4.79 Å². The number of fused-ring (bicyclic) bond motifs is 1. The van der Waals surface area contributed by atoms with Gasteiger partial charge in [0.2, 0.25) is 5.43 Å². The molecule has 0 amide bonds. The van der Waals surface area contributed by atoms with Gasteiger partial charge < -0.3 is 14.5 Å². The van der Waals surface area contributed by atoms with Crippen LogP contribution in [0.5, 0.6) is 5.75 Å². The van der Waals surface area contributed by atoms with Crippen LogP contribution in [0.1, 0.15) is 24.2 Å². The number of carbonyl (C=O) groups excluding carboxylic acids is 1. The Balaban J connectivity index is 2.55. The van der Waals surface area contributed by atoms with E-state index in [1.165, 1.54) is 6.20 Å². The highest BCUT2D eigenvalue weighted by Gasteiger charge is 2.14. The summed E-state index contributed by atoms with van der Waals surface area (Å²) in [5.41, 5.74) is 0.304. The molecule has 2 rings (SSSR count). The van der Waals surface area contributed by atoms with Crippen LogP contribution in [0, 0.1) is 0 Å². The van der Waals surface area contributed by atoms with Crippen LogP contribution in [-0.2, 0) is 4.74 Å². The molecule has 2 aromatic rings. The van der Waals surface area contributed by atoms with E-state index in [-0.39, 0.29) is 17.6 Å². The number of ether oxygens (including phenoxy) is 2. The van der Waals surface area contributed by atoms with Crippen LogP contribution in [0.15, 0.2) is 29.2 Å². The SMILES string of the molecule is CCOC(=O)c1c[nH]c2ccc(OCC)cc2c1=O. The molecule has 5 heteroatoms. The van der Waals surface area contributed by atoms with E-state index >= 15 is 0 Å². The van der Waals surface area contributed by atoms with Crippen LogP contribution < -0.4 is 10.2 Å². The minimum atomic E-state index is -0.618. The van der Waals surface area contributed by atoms with E-state index in [0.717, 1.165) is 0 Å². The summed E-state index contributed by atoms with van der Waals surface area (Å²) < 4.78 is 10.2. The molecule has 0 saturated carbocycles. The molecule has 1 N–H and O–H groups in total. The zero-order valence-corrected chi connectivity index (χ0v) is 10.9. The topological polar surface area (TPSA) is 68.4 Å². The Labute approximate surface area is 110 Å². The van der Waals surface area contributed by atoms with Gasteiger partial charge in [0, 0.05) is 11.7 Å². The number of aromatic amines is 1. The van der Waals surface area contributed by atoms with Crippen molar-refractivity contribution in [3.05, 3.63) is 40.2 Å². The van der Waals surface area contributed by atoms with Gasteiger partial charge in [-0.3, -0.25) is 4.79 Å². The third kappa shape index (κ3) is 2.59. The number of aromatic nitrogens is 1. The molecular formula is C14H15NO4. The molecule has 0 fully saturated rings. The quantitative estimate of drug-likeness (QED) is 0.856. The van der Waals surface area contributed by atoms with Crippen molar-refractivity contribution in [1.82, 2.24) is 4.98 Å². The number of H-pyrrole nitrogens is 1. The van der Waals surface area contributed by atoms with E-state index in [0.29, 0.717) is 23.3 Å². The van der Waals surface area contributed by atoms with Crippen LogP contribution in [0.3, 0.4) is 0 Å². The first-order chi connectivity index (χ1) is 9.17. The van der Waals surface area contributed by atoms with E-state index in [2.05, 4.69) is 4.98 Å². The average molecular weight is 261 g/mol. The van der Waals surface area contributed by atoms with Gasteiger partial charge in [0.1, 0.15) is 11.3 Å². The first-order valence-electron chi connectivity index (χ1n) is 6.12. The van der Waals surface area contributed by atoms with E-state index in [9.17, 15) is 9.59 Å². The highest BCUT2D eigenvalue weighted by molar-refractivity contribution is 5.93. The van der Waals surface area contributed by atoms with E-state index < -0.39 is 5.97 Å². The van der Waals surface area contributed by atoms with E-state index in [4.69, 9.17) is 9.47 Å². The molecule has 5 nitrogen and oxygen atoms in total. The third-order valence-corrected chi connectivity index (χ3v) is 2.66. The molecule has 0 radical (unpaired) electrons. The molecule has 0 spiro atoms.